The second-order valence-electron chi connectivity index (χ2n) is 4.26. The fourth-order valence-corrected chi connectivity index (χ4v) is 1.99. The maximum absolute atomic E-state index is 13.1. The molecular formula is C14H14BFO. The predicted molar refractivity (Wildman–Crippen MR) is 70.0 cm³/mol. The minimum absolute atomic E-state index is 0.236. The van der Waals surface area contributed by atoms with Crippen molar-refractivity contribution in [3.63, 3.8) is 0 Å². The summed E-state index contributed by atoms with van der Waals surface area (Å²) in [6.07, 6.45) is 0. The largest absolute Gasteiger partial charge is 0.446 e. The van der Waals surface area contributed by atoms with E-state index in [2.05, 4.69) is 0 Å². The van der Waals surface area contributed by atoms with Crippen LogP contribution in [0, 0.1) is 12.7 Å². The van der Waals surface area contributed by atoms with E-state index in [-0.39, 0.29) is 5.82 Å². The highest BCUT2D eigenvalue weighted by atomic mass is 19.1. The Labute approximate surface area is 101 Å². The molecule has 2 rings (SSSR count). The first-order chi connectivity index (χ1) is 8.08. The van der Waals surface area contributed by atoms with Gasteiger partial charge < -0.3 is 5.02 Å². The van der Waals surface area contributed by atoms with Crippen molar-refractivity contribution >= 4 is 12.4 Å². The van der Waals surface area contributed by atoms with Gasteiger partial charge in [0.2, 0.25) is 0 Å². The maximum Gasteiger partial charge on any atom is 0.320 e. The molecule has 0 unspecified atom stereocenters. The van der Waals surface area contributed by atoms with Crippen molar-refractivity contribution in [2.45, 2.75) is 13.7 Å². The second kappa shape index (κ2) is 4.72. The van der Waals surface area contributed by atoms with Crippen molar-refractivity contribution in [3.8, 4) is 11.1 Å². The highest BCUT2D eigenvalue weighted by Crippen LogP contribution is 2.20. The van der Waals surface area contributed by atoms with Crippen LogP contribution in [0.1, 0.15) is 5.56 Å². The number of hydrogen-bond donors (Lipinski definition) is 1. The van der Waals surface area contributed by atoms with Gasteiger partial charge in [-0.3, -0.25) is 0 Å². The number of benzene rings is 2. The fraction of sp³-hybridized carbons (Fsp3) is 0.143. The van der Waals surface area contributed by atoms with Gasteiger partial charge in [-0.2, -0.15) is 0 Å². The lowest BCUT2D eigenvalue weighted by Crippen LogP contribution is -2.28. The summed E-state index contributed by atoms with van der Waals surface area (Å²) in [5.41, 5.74) is 3.74. The van der Waals surface area contributed by atoms with Gasteiger partial charge in [0.15, 0.2) is 0 Å². The summed E-state index contributed by atoms with van der Waals surface area (Å²) in [6, 6.07) is 12.3. The van der Waals surface area contributed by atoms with E-state index >= 15 is 0 Å². The zero-order chi connectivity index (χ0) is 12.4. The van der Waals surface area contributed by atoms with Crippen LogP contribution in [0.2, 0.25) is 6.82 Å². The Balaban J connectivity index is 2.44. The van der Waals surface area contributed by atoms with Crippen LogP contribution in [-0.4, -0.2) is 11.9 Å². The SMILES string of the molecule is CB(O)c1ccc(-c2cccc(F)c2)cc1C. The Morgan fingerprint density at radius 1 is 1.06 bits per heavy atom. The van der Waals surface area contributed by atoms with Crippen LogP contribution >= 0.6 is 0 Å². The molecule has 0 aliphatic carbocycles. The summed E-state index contributed by atoms with van der Waals surface area (Å²) in [5, 5.41) is 9.55. The van der Waals surface area contributed by atoms with Crippen LogP contribution in [0.4, 0.5) is 4.39 Å². The van der Waals surface area contributed by atoms with Crippen molar-refractivity contribution < 1.29 is 9.41 Å². The normalized spacial score (nSPS) is 10.4. The summed E-state index contributed by atoms with van der Waals surface area (Å²) in [5.74, 6) is -0.236. The van der Waals surface area contributed by atoms with Crippen molar-refractivity contribution in [1.29, 1.82) is 0 Å². The number of aryl methyl sites for hydroxylation is 1. The van der Waals surface area contributed by atoms with Crippen LogP contribution in [0.15, 0.2) is 42.5 Å². The lowest BCUT2D eigenvalue weighted by molar-refractivity contribution is 0.593. The highest BCUT2D eigenvalue weighted by Gasteiger charge is 2.10. The Kier molecular flexibility index (Phi) is 3.29. The predicted octanol–water partition coefficient (Wildman–Crippen LogP) is 2.62. The molecule has 1 N–H and O–H groups in total. The van der Waals surface area contributed by atoms with Gasteiger partial charge in [0, 0.05) is 0 Å². The summed E-state index contributed by atoms with van der Waals surface area (Å²) >= 11 is 0. The Morgan fingerprint density at radius 3 is 2.35 bits per heavy atom. The van der Waals surface area contributed by atoms with Gasteiger partial charge in [0.25, 0.3) is 0 Å². The molecule has 0 heterocycles. The molecule has 0 aliphatic heterocycles. The average Bonchev–Trinajstić information content (AvgIpc) is 2.28. The summed E-state index contributed by atoms with van der Waals surface area (Å²) in [6.45, 7) is 3.21. The van der Waals surface area contributed by atoms with Crippen LogP contribution in [-0.2, 0) is 0 Å². The summed E-state index contributed by atoms with van der Waals surface area (Å²) < 4.78 is 13.1. The molecule has 0 bridgehead atoms. The third-order valence-electron chi connectivity index (χ3n) is 2.88. The topological polar surface area (TPSA) is 20.2 Å². The van der Waals surface area contributed by atoms with Crippen molar-refractivity contribution in [3.05, 3.63) is 53.8 Å². The van der Waals surface area contributed by atoms with Crippen LogP contribution in [0.3, 0.4) is 0 Å². The molecule has 17 heavy (non-hydrogen) atoms. The average molecular weight is 228 g/mol. The first kappa shape index (κ1) is 11.9. The second-order valence-corrected chi connectivity index (χ2v) is 4.26. The van der Waals surface area contributed by atoms with Crippen molar-refractivity contribution in [1.82, 2.24) is 0 Å². The van der Waals surface area contributed by atoms with E-state index in [9.17, 15) is 9.41 Å². The van der Waals surface area contributed by atoms with Gasteiger partial charge in [-0.25, -0.2) is 4.39 Å². The molecule has 0 amide bonds. The monoisotopic (exact) mass is 228 g/mol. The van der Waals surface area contributed by atoms with Crippen molar-refractivity contribution in [2.24, 2.45) is 0 Å². The standard InChI is InChI=1S/C14H14BFO/c1-10-8-12(6-7-14(10)15(2)17)11-4-3-5-13(16)9-11/h3-9,17H,1-2H3. The first-order valence-electron chi connectivity index (χ1n) is 5.62. The van der Waals surface area contributed by atoms with Gasteiger partial charge in [-0.05, 0) is 35.6 Å². The Bertz CT molecular complexity index is 537. The minimum atomic E-state index is -0.475. The zero-order valence-corrected chi connectivity index (χ0v) is 9.94. The summed E-state index contributed by atoms with van der Waals surface area (Å²) in [7, 11) is 0. The fourth-order valence-electron chi connectivity index (χ4n) is 1.99. The molecule has 2 aromatic carbocycles. The van der Waals surface area contributed by atoms with Crippen LogP contribution in [0.5, 0.6) is 0 Å². The van der Waals surface area contributed by atoms with E-state index in [1.165, 1.54) is 12.1 Å². The molecule has 3 heteroatoms. The molecule has 86 valence electrons. The van der Waals surface area contributed by atoms with E-state index in [1.807, 2.05) is 31.2 Å². The zero-order valence-electron chi connectivity index (χ0n) is 9.94. The quantitative estimate of drug-likeness (QED) is 0.783. The first-order valence-corrected chi connectivity index (χ1v) is 5.62. The molecule has 0 saturated heterocycles. The summed E-state index contributed by atoms with van der Waals surface area (Å²) in [4.78, 5) is 0. The smallest absolute Gasteiger partial charge is 0.320 e. The molecular weight excluding hydrogens is 214 g/mol. The molecule has 0 saturated carbocycles. The third-order valence-corrected chi connectivity index (χ3v) is 2.88. The van der Waals surface area contributed by atoms with E-state index in [4.69, 9.17) is 0 Å². The third kappa shape index (κ3) is 2.56. The van der Waals surface area contributed by atoms with E-state index in [0.717, 1.165) is 22.2 Å². The maximum atomic E-state index is 13.1. The Morgan fingerprint density at radius 2 is 1.76 bits per heavy atom. The van der Waals surface area contributed by atoms with E-state index in [1.54, 1.807) is 12.9 Å². The van der Waals surface area contributed by atoms with Gasteiger partial charge in [0.05, 0.1) is 0 Å². The van der Waals surface area contributed by atoms with Crippen molar-refractivity contribution in [2.75, 3.05) is 0 Å². The van der Waals surface area contributed by atoms with E-state index in [0.29, 0.717) is 0 Å². The highest BCUT2D eigenvalue weighted by molar-refractivity contribution is 6.65. The lowest BCUT2D eigenvalue weighted by atomic mass is 9.62. The van der Waals surface area contributed by atoms with Gasteiger partial charge in [-0.15, -0.1) is 0 Å². The van der Waals surface area contributed by atoms with Crippen LogP contribution < -0.4 is 5.46 Å². The molecule has 1 nitrogen and oxygen atoms in total. The number of rotatable bonds is 2. The molecule has 0 spiro atoms. The molecule has 0 atom stereocenters. The van der Waals surface area contributed by atoms with Gasteiger partial charge in [0.1, 0.15) is 5.82 Å². The number of halogens is 1. The number of hydrogen-bond acceptors (Lipinski definition) is 1. The minimum Gasteiger partial charge on any atom is -0.446 e. The molecule has 0 fully saturated rings. The van der Waals surface area contributed by atoms with E-state index < -0.39 is 6.92 Å². The van der Waals surface area contributed by atoms with Gasteiger partial charge in [-0.1, -0.05) is 42.7 Å². The Hall–Kier alpha value is -1.61. The molecule has 0 aliphatic rings. The van der Waals surface area contributed by atoms with Crippen LogP contribution in [0.25, 0.3) is 11.1 Å². The molecule has 2 aromatic rings. The van der Waals surface area contributed by atoms with Gasteiger partial charge >= 0.3 is 6.92 Å². The molecule has 0 aromatic heterocycles. The molecule has 0 radical (unpaired) electrons. The lowest BCUT2D eigenvalue weighted by Gasteiger charge is -2.09.